The van der Waals surface area contributed by atoms with Crippen molar-refractivity contribution in [1.29, 1.82) is 0 Å². The van der Waals surface area contributed by atoms with Gasteiger partial charge in [0, 0.05) is 0 Å². The largest absolute Gasteiger partial charge is 0.368 e. The first-order valence-corrected chi connectivity index (χ1v) is 3.70. The first-order valence-electron chi connectivity index (χ1n) is 3.70. The van der Waals surface area contributed by atoms with E-state index in [9.17, 15) is 9.59 Å². The Balaban J connectivity index is 2.84. The molecule has 0 radical (unpaired) electrons. The molecule has 1 saturated heterocycles. The molecule has 1 unspecified atom stereocenters. The van der Waals surface area contributed by atoms with Crippen LogP contribution in [-0.2, 0) is 9.59 Å². The van der Waals surface area contributed by atoms with E-state index in [0.29, 0.717) is 0 Å². The molecular weight excluding hydrogens is 174 g/mol. The van der Waals surface area contributed by atoms with Crippen LogP contribution < -0.4 is 16.9 Å². The van der Waals surface area contributed by atoms with Crippen molar-refractivity contribution in [2.24, 2.45) is 16.7 Å². The van der Waals surface area contributed by atoms with Crippen molar-refractivity contribution in [3.8, 4) is 0 Å². The quantitative estimate of drug-likeness (QED) is 0.127. The van der Waals surface area contributed by atoms with Gasteiger partial charge >= 0.3 is 0 Å². The van der Waals surface area contributed by atoms with E-state index in [1.165, 1.54) is 4.90 Å². The van der Waals surface area contributed by atoms with Gasteiger partial charge in [-0.05, 0) is 6.92 Å². The Labute approximate surface area is 74.7 Å². The molecular formula is C6H11N5O2. The number of nitrogens with two attached hydrogens (primary N) is 2. The molecule has 1 aliphatic rings. The molecule has 72 valence electrons. The number of carbonyl (C=O) groups excluding carboxylic acids is 2. The molecule has 0 bridgehead atoms. The van der Waals surface area contributed by atoms with Gasteiger partial charge in [0.15, 0.2) is 0 Å². The zero-order chi connectivity index (χ0) is 10.0. The summed E-state index contributed by atoms with van der Waals surface area (Å²) in [6.45, 7) is 1.61. The topological polar surface area (TPSA) is 114 Å². The van der Waals surface area contributed by atoms with E-state index in [0.717, 1.165) is 0 Å². The number of piperazine rings is 1. The van der Waals surface area contributed by atoms with Gasteiger partial charge in [-0.2, -0.15) is 0 Å². The maximum atomic E-state index is 11.1. The van der Waals surface area contributed by atoms with Crippen LogP contribution in [0.25, 0.3) is 0 Å². The molecule has 0 spiro atoms. The lowest BCUT2D eigenvalue weighted by Gasteiger charge is -2.31. The maximum Gasteiger partial charge on any atom is 0.249 e. The number of hydrogen-bond acceptors (Lipinski definition) is 4. The summed E-state index contributed by atoms with van der Waals surface area (Å²) in [5.41, 5.74) is 5.38. The van der Waals surface area contributed by atoms with E-state index in [1.807, 2.05) is 0 Å². The summed E-state index contributed by atoms with van der Waals surface area (Å²) < 4.78 is 0. The van der Waals surface area contributed by atoms with Gasteiger partial charge < -0.3 is 16.5 Å². The Morgan fingerprint density at radius 3 is 2.85 bits per heavy atom. The van der Waals surface area contributed by atoms with Crippen molar-refractivity contribution in [3.63, 3.8) is 0 Å². The normalized spacial score (nSPS) is 24.5. The summed E-state index contributed by atoms with van der Waals surface area (Å²) in [5.74, 6) is 4.11. The highest BCUT2D eigenvalue weighted by atomic mass is 16.2. The van der Waals surface area contributed by atoms with Crippen molar-refractivity contribution in [2.75, 3.05) is 6.54 Å². The van der Waals surface area contributed by atoms with E-state index in [2.05, 4.69) is 10.4 Å². The van der Waals surface area contributed by atoms with Crippen molar-refractivity contribution < 1.29 is 9.59 Å². The highest BCUT2D eigenvalue weighted by molar-refractivity contribution is 6.04. The maximum absolute atomic E-state index is 11.1. The Kier molecular flexibility index (Phi) is 2.36. The number of imide groups is 1. The summed E-state index contributed by atoms with van der Waals surface area (Å²) in [6.07, 6.45) is 0. The van der Waals surface area contributed by atoms with Gasteiger partial charge in [-0.1, -0.05) is 0 Å². The van der Waals surface area contributed by atoms with Crippen molar-refractivity contribution >= 4 is 17.8 Å². The Hall–Kier alpha value is -1.79. The molecule has 0 aliphatic carbocycles. The standard InChI is InChI=1S/C6H11N5O2/c1-3-5(13)9-4(12)2-11(3)6(7)10-8/h3H,2,8H2,1H3,(H2,7,10)(H,9,12,13). The fraction of sp³-hybridized carbons (Fsp3) is 0.500. The number of nitrogens with zero attached hydrogens (tertiary/aromatic N) is 2. The molecule has 0 aromatic heterocycles. The number of amides is 2. The van der Waals surface area contributed by atoms with E-state index < -0.39 is 17.9 Å². The van der Waals surface area contributed by atoms with Gasteiger partial charge in [0.25, 0.3) is 0 Å². The zero-order valence-corrected chi connectivity index (χ0v) is 7.15. The lowest BCUT2D eigenvalue weighted by Crippen LogP contribution is -2.60. The zero-order valence-electron chi connectivity index (χ0n) is 7.15. The molecule has 0 saturated carbocycles. The van der Waals surface area contributed by atoms with Crippen LogP contribution in [0.15, 0.2) is 5.10 Å². The molecule has 1 fully saturated rings. The number of guanidine groups is 1. The van der Waals surface area contributed by atoms with Crippen LogP contribution in [0.2, 0.25) is 0 Å². The van der Waals surface area contributed by atoms with E-state index in [1.54, 1.807) is 6.92 Å². The molecule has 0 aromatic carbocycles. The third-order valence-electron chi connectivity index (χ3n) is 1.85. The van der Waals surface area contributed by atoms with Crippen molar-refractivity contribution in [3.05, 3.63) is 0 Å². The van der Waals surface area contributed by atoms with Crippen LogP contribution in [-0.4, -0.2) is 35.3 Å². The molecule has 1 atom stereocenters. The fourth-order valence-corrected chi connectivity index (χ4v) is 1.07. The molecule has 7 heteroatoms. The number of nitrogens with one attached hydrogen (secondary N) is 1. The predicted molar refractivity (Wildman–Crippen MR) is 45.1 cm³/mol. The van der Waals surface area contributed by atoms with Gasteiger partial charge in [-0.3, -0.25) is 14.9 Å². The fourth-order valence-electron chi connectivity index (χ4n) is 1.07. The predicted octanol–water partition coefficient (Wildman–Crippen LogP) is -2.48. The Morgan fingerprint density at radius 2 is 2.31 bits per heavy atom. The van der Waals surface area contributed by atoms with E-state index in [4.69, 9.17) is 11.6 Å². The number of hydrazone groups is 1. The second-order valence-corrected chi connectivity index (χ2v) is 2.70. The number of hydrogen-bond donors (Lipinski definition) is 3. The summed E-state index contributed by atoms with van der Waals surface area (Å²) in [6, 6.07) is -0.523. The van der Waals surface area contributed by atoms with Crippen LogP contribution in [0.1, 0.15) is 6.92 Å². The molecule has 1 aliphatic heterocycles. The van der Waals surface area contributed by atoms with Gasteiger partial charge in [-0.15, -0.1) is 5.10 Å². The molecule has 0 aromatic rings. The molecule has 1 rings (SSSR count). The van der Waals surface area contributed by atoms with Gasteiger partial charge in [0.1, 0.15) is 12.6 Å². The first kappa shape index (κ1) is 9.30. The van der Waals surface area contributed by atoms with Crippen molar-refractivity contribution in [1.82, 2.24) is 10.2 Å². The van der Waals surface area contributed by atoms with Crippen LogP contribution in [0, 0.1) is 0 Å². The first-order chi connectivity index (χ1) is 6.06. The molecule has 1 heterocycles. The minimum absolute atomic E-state index is 0.000556. The Morgan fingerprint density at radius 1 is 1.69 bits per heavy atom. The SMILES string of the molecule is CC1C(=O)NC(=O)CN1C(N)=NN. The average molecular weight is 185 g/mol. The van der Waals surface area contributed by atoms with Crippen molar-refractivity contribution in [2.45, 2.75) is 13.0 Å². The summed E-state index contributed by atoms with van der Waals surface area (Å²) in [7, 11) is 0. The third-order valence-corrected chi connectivity index (χ3v) is 1.85. The summed E-state index contributed by atoms with van der Waals surface area (Å²) in [5, 5.41) is 5.39. The molecule has 2 amide bonds. The van der Waals surface area contributed by atoms with E-state index >= 15 is 0 Å². The van der Waals surface area contributed by atoms with Crippen LogP contribution in [0.5, 0.6) is 0 Å². The lowest BCUT2D eigenvalue weighted by molar-refractivity contribution is -0.137. The van der Waals surface area contributed by atoms with Crippen LogP contribution in [0.3, 0.4) is 0 Å². The highest BCUT2D eigenvalue weighted by Crippen LogP contribution is 2.03. The minimum atomic E-state index is -0.523. The Bertz CT molecular complexity index is 274. The molecule has 7 nitrogen and oxygen atoms in total. The van der Waals surface area contributed by atoms with Gasteiger partial charge in [0.05, 0.1) is 0 Å². The van der Waals surface area contributed by atoms with Crippen LogP contribution >= 0.6 is 0 Å². The minimum Gasteiger partial charge on any atom is -0.368 e. The second-order valence-electron chi connectivity index (χ2n) is 2.70. The summed E-state index contributed by atoms with van der Waals surface area (Å²) >= 11 is 0. The average Bonchev–Trinajstić information content (AvgIpc) is 2.10. The second kappa shape index (κ2) is 3.30. The lowest BCUT2D eigenvalue weighted by atomic mass is 10.2. The molecule has 13 heavy (non-hydrogen) atoms. The number of rotatable bonds is 0. The van der Waals surface area contributed by atoms with Crippen LogP contribution in [0.4, 0.5) is 0 Å². The van der Waals surface area contributed by atoms with Gasteiger partial charge in [-0.25, -0.2) is 0 Å². The number of carbonyl (C=O) groups is 2. The molecule has 5 N–H and O–H groups in total. The highest BCUT2D eigenvalue weighted by Gasteiger charge is 2.31. The third kappa shape index (κ3) is 1.68. The monoisotopic (exact) mass is 185 g/mol. The van der Waals surface area contributed by atoms with E-state index in [-0.39, 0.29) is 12.5 Å². The summed E-state index contributed by atoms with van der Waals surface area (Å²) in [4.78, 5) is 23.4. The smallest absolute Gasteiger partial charge is 0.249 e. The van der Waals surface area contributed by atoms with Gasteiger partial charge in [0.2, 0.25) is 17.8 Å².